The van der Waals surface area contributed by atoms with Gasteiger partial charge in [-0.05, 0) is 48.6 Å². The standard InChI is InChI=1S/C26H15ClN6O6/c27-20-8-5-15(11-19(20)26(35)38-13-17-4-2-1-3-16(17)12-28)22-10-7-18(39-22)6-9-21-23(33(36)37)24(34)25-30-29-14-32(25)31-21/h1-11,14,31H,13H2/b9-6+. The number of nitro groups is 1. The van der Waals surface area contributed by atoms with Gasteiger partial charge in [0, 0.05) is 11.1 Å². The Hall–Kier alpha value is -5.54. The number of nitriles is 1. The smallest absolute Gasteiger partial charge is 0.345 e. The van der Waals surface area contributed by atoms with Crippen LogP contribution < -0.4 is 5.43 Å². The maximum Gasteiger partial charge on any atom is 0.345 e. The molecule has 2 aromatic carbocycles. The summed E-state index contributed by atoms with van der Waals surface area (Å²) in [5, 5.41) is 30.7. The van der Waals surface area contributed by atoms with Crippen LogP contribution in [-0.4, -0.2) is 30.7 Å². The number of ether oxygens (including phenoxy) is 1. The highest BCUT2D eigenvalue weighted by atomic mass is 35.5. The third-order valence-electron chi connectivity index (χ3n) is 5.65. The lowest BCUT2D eigenvalue weighted by molar-refractivity contribution is -0.386. The molecule has 0 aliphatic heterocycles. The maximum absolute atomic E-state index is 12.7. The second kappa shape index (κ2) is 10.4. The Kier molecular flexibility index (Phi) is 6.73. The average molecular weight is 543 g/mol. The fraction of sp³-hybridized carbons (Fsp3) is 0.0385. The number of fused-ring (bicyclic) bond motifs is 1. The molecule has 0 bridgehead atoms. The number of hydrogen-bond donors (Lipinski definition) is 1. The normalized spacial score (nSPS) is 11.1. The number of halogens is 1. The third-order valence-corrected chi connectivity index (χ3v) is 5.98. The minimum absolute atomic E-state index is 0.0789. The van der Waals surface area contributed by atoms with Crippen LogP contribution in [0, 0.1) is 21.4 Å². The molecule has 1 N–H and O–H groups in total. The topological polar surface area (TPSA) is 169 Å². The number of nitrogens with one attached hydrogen (secondary N) is 1. The lowest BCUT2D eigenvalue weighted by Gasteiger charge is -2.08. The highest BCUT2D eigenvalue weighted by Gasteiger charge is 2.22. The van der Waals surface area contributed by atoms with Crippen molar-refractivity contribution in [1.29, 1.82) is 5.26 Å². The van der Waals surface area contributed by atoms with Crippen molar-refractivity contribution in [2.75, 3.05) is 0 Å². The van der Waals surface area contributed by atoms with Crippen LogP contribution >= 0.6 is 11.6 Å². The van der Waals surface area contributed by atoms with Gasteiger partial charge >= 0.3 is 17.1 Å². The Morgan fingerprint density at radius 3 is 2.85 bits per heavy atom. The van der Waals surface area contributed by atoms with E-state index < -0.39 is 22.0 Å². The SMILES string of the molecule is N#Cc1ccccc1COC(=O)c1cc(-c2ccc(/C=C/c3[nH]n4cnnc4c(=O)c3[N+](=O)[O-])o2)ccc1Cl. The molecule has 0 aliphatic rings. The van der Waals surface area contributed by atoms with Gasteiger partial charge in [0.1, 0.15) is 30.1 Å². The Balaban J connectivity index is 1.38. The number of carbonyl (C=O) groups excluding carboxylic acids is 1. The average Bonchev–Trinajstić information content (AvgIpc) is 3.61. The molecule has 0 unspecified atom stereocenters. The molecule has 0 fully saturated rings. The highest BCUT2D eigenvalue weighted by molar-refractivity contribution is 6.33. The molecular weight excluding hydrogens is 528 g/mol. The van der Waals surface area contributed by atoms with Crippen molar-refractivity contribution in [3.8, 4) is 17.4 Å². The predicted molar refractivity (Wildman–Crippen MR) is 139 cm³/mol. The van der Waals surface area contributed by atoms with Gasteiger partial charge < -0.3 is 9.15 Å². The third kappa shape index (κ3) is 5.02. The summed E-state index contributed by atoms with van der Waals surface area (Å²) in [5.41, 5.74) is -0.258. The Bertz CT molecular complexity index is 1880. The van der Waals surface area contributed by atoms with Gasteiger partial charge in [-0.15, -0.1) is 10.2 Å². The molecule has 0 saturated carbocycles. The van der Waals surface area contributed by atoms with Crippen molar-refractivity contribution in [1.82, 2.24) is 19.8 Å². The summed E-state index contributed by atoms with van der Waals surface area (Å²) in [6.07, 6.45) is 3.98. The van der Waals surface area contributed by atoms with E-state index in [1.807, 2.05) is 6.07 Å². The minimum atomic E-state index is -0.882. The molecule has 12 nitrogen and oxygen atoms in total. The number of aromatic nitrogens is 4. The van der Waals surface area contributed by atoms with Crippen LogP contribution in [0.25, 0.3) is 29.1 Å². The maximum atomic E-state index is 12.7. The monoisotopic (exact) mass is 542 g/mol. The zero-order valence-electron chi connectivity index (χ0n) is 19.7. The number of furan rings is 1. The van der Waals surface area contributed by atoms with Crippen molar-refractivity contribution in [2.45, 2.75) is 6.61 Å². The number of aromatic amines is 1. The molecule has 39 heavy (non-hydrogen) atoms. The van der Waals surface area contributed by atoms with E-state index in [0.717, 1.165) is 0 Å². The summed E-state index contributed by atoms with van der Waals surface area (Å²) < 4.78 is 12.4. The summed E-state index contributed by atoms with van der Waals surface area (Å²) in [5.74, 6) is 0.0190. The summed E-state index contributed by atoms with van der Waals surface area (Å²) >= 11 is 6.24. The van der Waals surface area contributed by atoms with Crippen LogP contribution in [0.2, 0.25) is 5.02 Å². The van der Waals surface area contributed by atoms with Gasteiger partial charge in [0.05, 0.1) is 27.1 Å². The largest absolute Gasteiger partial charge is 0.457 e. The fourth-order valence-electron chi connectivity index (χ4n) is 3.75. The van der Waals surface area contributed by atoms with E-state index in [1.165, 1.54) is 35.1 Å². The van der Waals surface area contributed by atoms with E-state index in [4.69, 9.17) is 20.8 Å². The molecule has 0 saturated heterocycles. The van der Waals surface area contributed by atoms with Gasteiger partial charge in [0.15, 0.2) is 0 Å². The number of H-pyrrole nitrogens is 1. The molecule has 192 valence electrons. The van der Waals surface area contributed by atoms with Crippen molar-refractivity contribution < 1.29 is 18.9 Å². The first-order chi connectivity index (χ1) is 18.9. The van der Waals surface area contributed by atoms with Crippen molar-refractivity contribution in [3.05, 3.63) is 114 Å². The molecule has 0 radical (unpaired) electrons. The second-order valence-electron chi connectivity index (χ2n) is 8.06. The molecule has 0 atom stereocenters. The Morgan fingerprint density at radius 1 is 1.23 bits per heavy atom. The van der Waals surface area contributed by atoms with Gasteiger partial charge in [-0.25, -0.2) is 9.31 Å². The number of esters is 1. The molecular formula is C26H15ClN6O6. The quantitative estimate of drug-likeness (QED) is 0.175. The van der Waals surface area contributed by atoms with Crippen molar-refractivity contribution in [3.63, 3.8) is 0 Å². The number of hydrogen-bond acceptors (Lipinski definition) is 9. The summed E-state index contributed by atoms with van der Waals surface area (Å²) in [6, 6.07) is 16.8. The van der Waals surface area contributed by atoms with Crippen LogP contribution in [0.1, 0.15) is 32.9 Å². The van der Waals surface area contributed by atoms with Gasteiger partial charge in [-0.1, -0.05) is 29.8 Å². The first kappa shape index (κ1) is 25.1. The van der Waals surface area contributed by atoms with Crippen molar-refractivity contribution >= 4 is 41.1 Å². The second-order valence-corrected chi connectivity index (χ2v) is 8.47. The van der Waals surface area contributed by atoms with Gasteiger partial charge in [-0.2, -0.15) is 5.26 Å². The van der Waals surface area contributed by atoms with Gasteiger partial charge in [0.2, 0.25) is 5.65 Å². The minimum Gasteiger partial charge on any atom is -0.457 e. The Morgan fingerprint density at radius 2 is 2.05 bits per heavy atom. The zero-order chi connectivity index (χ0) is 27.5. The molecule has 13 heteroatoms. The molecule has 0 spiro atoms. The van der Waals surface area contributed by atoms with E-state index in [2.05, 4.69) is 15.3 Å². The molecule has 3 aromatic heterocycles. The van der Waals surface area contributed by atoms with Crippen LogP contribution in [0.3, 0.4) is 0 Å². The predicted octanol–water partition coefficient (Wildman–Crippen LogP) is 4.64. The first-order valence-electron chi connectivity index (χ1n) is 11.2. The van der Waals surface area contributed by atoms with Gasteiger partial charge in [-0.3, -0.25) is 20.0 Å². The molecule has 5 aromatic rings. The van der Waals surface area contributed by atoms with E-state index in [-0.39, 0.29) is 28.5 Å². The summed E-state index contributed by atoms with van der Waals surface area (Å²) in [6.45, 7) is -0.103. The summed E-state index contributed by atoms with van der Waals surface area (Å²) in [4.78, 5) is 35.9. The van der Waals surface area contributed by atoms with Crippen LogP contribution in [-0.2, 0) is 11.3 Å². The van der Waals surface area contributed by atoms with Gasteiger partial charge in [0.25, 0.3) is 0 Å². The van der Waals surface area contributed by atoms with Crippen LogP contribution in [0.15, 0.2) is 70.1 Å². The Labute approximate surface area is 223 Å². The fourth-order valence-corrected chi connectivity index (χ4v) is 3.95. The van der Waals surface area contributed by atoms with Crippen molar-refractivity contribution in [2.24, 2.45) is 0 Å². The molecule has 3 heterocycles. The molecule has 0 amide bonds. The van der Waals surface area contributed by atoms with E-state index >= 15 is 0 Å². The van der Waals surface area contributed by atoms with E-state index in [9.17, 15) is 25.0 Å². The van der Waals surface area contributed by atoms with Crippen LogP contribution in [0.5, 0.6) is 0 Å². The lowest BCUT2D eigenvalue weighted by Crippen LogP contribution is -2.15. The number of nitrogens with zero attached hydrogens (tertiary/aromatic N) is 5. The van der Waals surface area contributed by atoms with E-state index in [0.29, 0.717) is 28.2 Å². The number of benzene rings is 2. The molecule has 0 aliphatic carbocycles. The summed E-state index contributed by atoms with van der Waals surface area (Å²) in [7, 11) is 0. The zero-order valence-corrected chi connectivity index (χ0v) is 20.5. The van der Waals surface area contributed by atoms with E-state index in [1.54, 1.807) is 42.5 Å². The highest BCUT2D eigenvalue weighted by Crippen LogP contribution is 2.28. The lowest BCUT2D eigenvalue weighted by atomic mass is 10.1. The number of rotatable bonds is 7. The molecule has 5 rings (SSSR count). The van der Waals surface area contributed by atoms with Crippen LogP contribution in [0.4, 0.5) is 5.69 Å². The first-order valence-corrected chi connectivity index (χ1v) is 11.6. The number of carbonyl (C=O) groups is 1.